The van der Waals surface area contributed by atoms with Crippen molar-refractivity contribution in [3.05, 3.63) is 94.0 Å². The van der Waals surface area contributed by atoms with Crippen LogP contribution in [0.5, 0.6) is 28.7 Å². The lowest BCUT2D eigenvalue weighted by molar-refractivity contribution is 0.408. The van der Waals surface area contributed by atoms with E-state index in [1.165, 1.54) is 0 Å². The summed E-state index contributed by atoms with van der Waals surface area (Å²) in [6.45, 7) is 11.6. The number of ether oxygens (including phenoxy) is 1. The quantitative estimate of drug-likeness (QED) is 0.277. The highest BCUT2D eigenvalue weighted by Gasteiger charge is 2.20. The molecule has 0 saturated carbocycles. The minimum atomic E-state index is 0.0883. The minimum absolute atomic E-state index is 0.0883. The van der Waals surface area contributed by atoms with Gasteiger partial charge in [0.15, 0.2) is 11.5 Å². The molecule has 4 rings (SSSR count). The summed E-state index contributed by atoms with van der Waals surface area (Å²) in [5.74, 6) is 1.59. The number of rotatable bonds is 5. The van der Waals surface area contributed by atoms with Crippen molar-refractivity contribution >= 4 is 17.1 Å². The van der Waals surface area contributed by atoms with E-state index in [0.29, 0.717) is 11.5 Å². The van der Waals surface area contributed by atoms with E-state index in [1.54, 1.807) is 18.2 Å². The van der Waals surface area contributed by atoms with Crippen molar-refractivity contribution in [3.8, 4) is 28.7 Å². The maximum atomic E-state index is 10.4. The smallest absolute Gasteiger partial charge is 0.172 e. The highest BCUT2D eigenvalue weighted by molar-refractivity contribution is 5.82. The molecule has 0 fully saturated rings. The second-order valence-corrected chi connectivity index (χ2v) is 9.14. The van der Waals surface area contributed by atoms with Crippen LogP contribution in [0.4, 0.5) is 17.1 Å². The van der Waals surface area contributed by atoms with E-state index in [4.69, 9.17) is 4.74 Å². The van der Waals surface area contributed by atoms with Crippen molar-refractivity contribution in [3.63, 3.8) is 0 Å². The summed E-state index contributed by atoms with van der Waals surface area (Å²) in [7, 11) is 0. The molecule has 0 aromatic heterocycles. The molecule has 0 bridgehead atoms. The van der Waals surface area contributed by atoms with Gasteiger partial charge in [-0.05, 0) is 117 Å². The highest BCUT2D eigenvalue weighted by atomic mass is 16.5. The van der Waals surface area contributed by atoms with Crippen molar-refractivity contribution in [2.75, 3.05) is 4.90 Å². The van der Waals surface area contributed by atoms with Gasteiger partial charge in [-0.1, -0.05) is 12.1 Å². The number of phenolic OH excluding ortho intramolecular Hbond substituents is 3. The molecule has 0 amide bonds. The third-order valence-electron chi connectivity index (χ3n) is 6.46. The molecule has 5 nitrogen and oxygen atoms in total. The average Bonchev–Trinajstić information content (AvgIpc) is 2.81. The summed E-state index contributed by atoms with van der Waals surface area (Å²) >= 11 is 0. The fraction of sp³-hybridized carbons (Fsp3) is 0.200. The Hall–Kier alpha value is -4.12. The average molecular weight is 470 g/mol. The second-order valence-electron chi connectivity index (χ2n) is 9.14. The van der Waals surface area contributed by atoms with Gasteiger partial charge < -0.3 is 25.0 Å². The number of hydrogen-bond donors (Lipinski definition) is 3. The van der Waals surface area contributed by atoms with Crippen molar-refractivity contribution < 1.29 is 20.1 Å². The van der Waals surface area contributed by atoms with Crippen LogP contribution in [0.1, 0.15) is 33.4 Å². The number of benzene rings is 4. The van der Waals surface area contributed by atoms with Crippen LogP contribution >= 0.6 is 0 Å². The molecule has 180 valence electrons. The van der Waals surface area contributed by atoms with Gasteiger partial charge in [-0.25, -0.2) is 0 Å². The molecule has 4 aromatic rings. The summed E-state index contributed by atoms with van der Waals surface area (Å²) < 4.78 is 6.17. The van der Waals surface area contributed by atoms with E-state index >= 15 is 0 Å². The molecule has 0 radical (unpaired) electrons. The van der Waals surface area contributed by atoms with Crippen molar-refractivity contribution in [2.45, 2.75) is 41.5 Å². The number of phenols is 3. The van der Waals surface area contributed by atoms with E-state index < -0.39 is 0 Å². The van der Waals surface area contributed by atoms with Gasteiger partial charge in [-0.3, -0.25) is 0 Å². The van der Waals surface area contributed by atoms with Gasteiger partial charge in [0.2, 0.25) is 0 Å². The Morgan fingerprint density at radius 1 is 0.571 bits per heavy atom. The fourth-order valence-corrected chi connectivity index (χ4v) is 4.17. The largest absolute Gasteiger partial charge is 0.508 e. The Labute approximate surface area is 206 Å². The maximum Gasteiger partial charge on any atom is 0.172 e. The van der Waals surface area contributed by atoms with Gasteiger partial charge in [-0.15, -0.1) is 0 Å². The number of aryl methyl sites for hydroxylation is 5. The van der Waals surface area contributed by atoms with E-state index in [1.807, 2.05) is 84.0 Å². The number of nitrogens with zero attached hydrogens (tertiary/aromatic N) is 1. The van der Waals surface area contributed by atoms with Crippen LogP contribution in [-0.4, -0.2) is 15.3 Å². The first-order valence-corrected chi connectivity index (χ1v) is 11.5. The Morgan fingerprint density at radius 2 is 1.14 bits per heavy atom. The Morgan fingerprint density at radius 3 is 1.71 bits per heavy atom. The molecule has 0 spiro atoms. The summed E-state index contributed by atoms with van der Waals surface area (Å²) in [4.78, 5) is 2.10. The first-order valence-electron chi connectivity index (χ1n) is 11.5. The molecule has 0 unspecified atom stereocenters. The molecule has 35 heavy (non-hydrogen) atoms. The first kappa shape index (κ1) is 24.0. The van der Waals surface area contributed by atoms with Crippen LogP contribution in [0.15, 0.2) is 60.7 Å². The second kappa shape index (κ2) is 9.26. The molecule has 0 atom stereocenters. The van der Waals surface area contributed by atoms with Gasteiger partial charge in [0.25, 0.3) is 0 Å². The van der Waals surface area contributed by atoms with Crippen LogP contribution in [-0.2, 0) is 0 Å². The summed E-state index contributed by atoms with van der Waals surface area (Å²) in [5.41, 5.74) is 7.87. The third-order valence-corrected chi connectivity index (χ3v) is 6.46. The SMILES string of the molecule is Cc1cc(N(c2cccc(Oc3c(O)ccc(C)c3C)c2)c2cc(C)c(O)cc2C)c(C)cc1O. The number of hydrogen-bond acceptors (Lipinski definition) is 5. The van der Waals surface area contributed by atoms with Gasteiger partial charge in [0.05, 0.1) is 0 Å². The van der Waals surface area contributed by atoms with Gasteiger partial charge in [-0.2, -0.15) is 0 Å². The van der Waals surface area contributed by atoms with Gasteiger partial charge >= 0.3 is 0 Å². The minimum Gasteiger partial charge on any atom is -0.508 e. The van der Waals surface area contributed by atoms with E-state index in [0.717, 1.165) is 50.4 Å². The lowest BCUT2D eigenvalue weighted by Gasteiger charge is -2.30. The molecule has 3 N–H and O–H groups in total. The lowest BCUT2D eigenvalue weighted by atomic mass is 10.0. The maximum absolute atomic E-state index is 10.4. The molecule has 0 aliphatic heterocycles. The zero-order chi connectivity index (χ0) is 25.4. The van der Waals surface area contributed by atoms with Crippen LogP contribution < -0.4 is 9.64 Å². The Kier molecular flexibility index (Phi) is 6.35. The first-order chi connectivity index (χ1) is 16.6. The topological polar surface area (TPSA) is 73.2 Å². The highest BCUT2D eigenvalue weighted by Crippen LogP contribution is 2.43. The van der Waals surface area contributed by atoms with Crippen molar-refractivity contribution in [2.24, 2.45) is 0 Å². The summed E-state index contributed by atoms with van der Waals surface area (Å²) in [6.07, 6.45) is 0. The van der Waals surface area contributed by atoms with E-state index in [-0.39, 0.29) is 17.2 Å². The molecular weight excluding hydrogens is 438 g/mol. The van der Waals surface area contributed by atoms with E-state index in [9.17, 15) is 15.3 Å². The molecule has 0 saturated heterocycles. The van der Waals surface area contributed by atoms with Crippen LogP contribution in [0, 0.1) is 41.5 Å². The summed E-state index contributed by atoms with van der Waals surface area (Å²) in [6, 6.07) is 18.6. The predicted molar refractivity (Wildman–Crippen MR) is 141 cm³/mol. The van der Waals surface area contributed by atoms with Crippen LogP contribution in [0.3, 0.4) is 0 Å². The molecular formula is C30H31NO4. The van der Waals surface area contributed by atoms with Crippen LogP contribution in [0.2, 0.25) is 0 Å². The lowest BCUT2D eigenvalue weighted by Crippen LogP contribution is -2.13. The van der Waals surface area contributed by atoms with Crippen molar-refractivity contribution in [1.29, 1.82) is 0 Å². The molecule has 0 aliphatic rings. The number of anilines is 3. The van der Waals surface area contributed by atoms with Gasteiger partial charge in [0, 0.05) is 23.1 Å². The van der Waals surface area contributed by atoms with Crippen LogP contribution in [0.25, 0.3) is 0 Å². The molecule has 5 heteroatoms. The fourth-order valence-electron chi connectivity index (χ4n) is 4.17. The predicted octanol–water partition coefficient (Wildman–Crippen LogP) is 7.92. The normalized spacial score (nSPS) is 10.9. The number of aromatic hydroxyl groups is 3. The standard InChI is InChI=1S/C30H31NO4/c1-17-10-11-27(32)30(22(17)6)35-24-9-7-8-23(16-24)31(25-12-20(4)28(33)14-18(25)2)26-13-21(5)29(34)15-19(26)3/h7-16,32-34H,1-6H3. The van der Waals surface area contributed by atoms with Crippen molar-refractivity contribution in [1.82, 2.24) is 0 Å². The summed E-state index contributed by atoms with van der Waals surface area (Å²) in [5, 5.41) is 31.0. The van der Waals surface area contributed by atoms with Gasteiger partial charge in [0.1, 0.15) is 17.2 Å². The third kappa shape index (κ3) is 4.62. The Bertz CT molecular complexity index is 1370. The monoisotopic (exact) mass is 469 g/mol. The molecule has 0 aliphatic carbocycles. The zero-order valence-corrected chi connectivity index (χ0v) is 21.0. The Balaban J connectivity index is 1.90. The van der Waals surface area contributed by atoms with E-state index in [2.05, 4.69) is 4.90 Å². The molecule has 0 heterocycles. The zero-order valence-electron chi connectivity index (χ0n) is 21.0. The molecule has 4 aromatic carbocycles.